The summed E-state index contributed by atoms with van der Waals surface area (Å²) in [5.74, 6) is 1.08. The minimum absolute atomic E-state index is 0.104. The molecule has 2 rings (SSSR count). The third-order valence-corrected chi connectivity index (χ3v) is 3.41. The molecule has 1 aliphatic rings. The van der Waals surface area contributed by atoms with Crippen molar-refractivity contribution in [2.45, 2.75) is 19.8 Å². The number of hydrogen-bond donors (Lipinski definition) is 1. The van der Waals surface area contributed by atoms with E-state index in [2.05, 4.69) is 26.2 Å². The van der Waals surface area contributed by atoms with Crippen molar-refractivity contribution in [3.05, 3.63) is 22.3 Å². The Morgan fingerprint density at radius 1 is 1.59 bits per heavy atom. The lowest BCUT2D eigenvalue weighted by Gasteiger charge is -2.06. The van der Waals surface area contributed by atoms with Gasteiger partial charge in [0.2, 0.25) is 0 Å². The van der Waals surface area contributed by atoms with Crippen molar-refractivity contribution < 1.29 is 9.53 Å². The molecular weight excluding hydrogens is 284 g/mol. The predicted molar refractivity (Wildman–Crippen MR) is 68.8 cm³/mol. The van der Waals surface area contributed by atoms with Crippen molar-refractivity contribution in [1.29, 1.82) is 0 Å². The molecule has 1 amide bonds. The lowest BCUT2D eigenvalue weighted by molar-refractivity contribution is -0.120. The Hall–Kier alpha value is -0.940. The number of halogens is 1. The van der Waals surface area contributed by atoms with Gasteiger partial charge in [-0.1, -0.05) is 0 Å². The van der Waals surface area contributed by atoms with E-state index in [0.717, 1.165) is 10.2 Å². The number of aryl methyl sites for hydroxylation is 1. The molecular formula is C12H15BrN2O2. The van der Waals surface area contributed by atoms with E-state index < -0.39 is 0 Å². The van der Waals surface area contributed by atoms with Gasteiger partial charge in [0, 0.05) is 4.47 Å². The molecule has 1 fully saturated rings. The number of ether oxygens (including phenoxy) is 1. The van der Waals surface area contributed by atoms with E-state index in [0.29, 0.717) is 18.3 Å². The summed E-state index contributed by atoms with van der Waals surface area (Å²) in [6, 6.07) is 3.62. The molecule has 1 N–H and O–H groups in total. The molecule has 1 aliphatic carbocycles. The molecule has 1 aromatic heterocycles. The highest BCUT2D eigenvalue weighted by molar-refractivity contribution is 9.10. The minimum atomic E-state index is -0.153. The Labute approximate surface area is 109 Å². The van der Waals surface area contributed by atoms with Crippen LogP contribution in [0.5, 0.6) is 0 Å². The van der Waals surface area contributed by atoms with Crippen molar-refractivity contribution >= 4 is 27.7 Å². The van der Waals surface area contributed by atoms with E-state index >= 15 is 0 Å². The van der Waals surface area contributed by atoms with Gasteiger partial charge < -0.3 is 10.1 Å². The first-order valence-corrected chi connectivity index (χ1v) is 6.45. The molecule has 0 saturated heterocycles. The van der Waals surface area contributed by atoms with Crippen molar-refractivity contribution in [3.8, 4) is 0 Å². The van der Waals surface area contributed by atoms with Crippen molar-refractivity contribution in [1.82, 2.24) is 4.98 Å². The molecule has 0 spiro atoms. The Morgan fingerprint density at radius 2 is 2.35 bits per heavy atom. The molecule has 1 aromatic rings. The molecule has 1 saturated carbocycles. The van der Waals surface area contributed by atoms with Crippen LogP contribution in [0.1, 0.15) is 18.5 Å². The molecule has 0 radical (unpaired) electrons. The van der Waals surface area contributed by atoms with Crippen LogP contribution in [0, 0.1) is 12.8 Å². The van der Waals surface area contributed by atoms with Crippen molar-refractivity contribution in [2.24, 2.45) is 5.92 Å². The van der Waals surface area contributed by atoms with Crippen LogP contribution in [0.15, 0.2) is 16.6 Å². The first-order valence-electron chi connectivity index (χ1n) is 5.66. The van der Waals surface area contributed by atoms with Gasteiger partial charge in [-0.15, -0.1) is 0 Å². The molecule has 4 nitrogen and oxygen atoms in total. The summed E-state index contributed by atoms with van der Waals surface area (Å²) in [5.41, 5.74) is 0.849. The highest BCUT2D eigenvalue weighted by atomic mass is 79.9. The fourth-order valence-electron chi connectivity index (χ4n) is 1.40. The molecule has 0 bridgehead atoms. The summed E-state index contributed by atoms with van der Waals surface area (Å²) in [5, 5.41) is 2.71. The summed E-state index contributed by atoms with van der Waals surface area (Å²) in [6.45, 7) is 2.68. The standard InChI is InChI=1S/C12H15BrN2O2/c1-8-10(13)4-5-11(14-8)15-12(16)7-17-6-9-2-3-9/h4-5,9H,2-3,6-7H2,1H3,(H,14,15,16). The molecule has 1 heterocycles. The lowest BCUT2D eigenvalue weighted by Crippen LogP contribution is -2.19. The highest BCUT2D eigenvalue weighted by Crippen LogP contribution is 2.28. The van der Waals surface area contributed by atoms with Crippen LogP contribution in [-0.2, 0) is 9.53 Å². The molecule has 5 heteroatoms. The number of amides is 1. The average Bonchev–Trinajstić information content (AvgIpc) is 3.07. The molecule has 0 aliphatic heterocycles. The predicted octanol–water partition coefficient (Wildman–Crippen LogP) is 2.52. The van der Waals surface area contributed by atoms with E-state index in [-0.39, 0.29) is 12.5 Å². The molecule has 17 heavy (non-hydrogen) atoms. The van der Waals surface area contributed by atoms with Crippen LogP contribution in [-0.4, -0.2) is 24.1 Å². The number of carbonyl (C=O) groups is 1. The lowest BCUT2D eigenvalue weighted by atomic mass is 10.4. The third kappa shape index (κ3) is 4.09. The van der Waals surface area contributed by atoms with E-state index in [1.54, 1.807) is 6.07 Å². The second kappa shape index (κ2) is 5.60. The van der Waals surface area contributed by atoms with Gasteiger partial charge in [0.05, 0.1) is 12.3 Å². The number of anilines is 1. The monoisotopic (exact) mass is 298 g/mol. The van der Waals surface area contributed by atoms with Crippen LogP contribution in [0.25, 0.3) is 0 Å². The fourth-order valence-corrected chi connectivity index (χ4v) is 1.62. The highest BCUT2D eigenvalue weighted by Gasteiger charge is 2.21. The number of nitrogens with one attached hydrogen (secondary N) is 1. The summed E-state index contributed by atoms with van der Waals surface area (Å²) in [4.78, 5) is 15.8. The van der Waals surface area contributed by atoms with E-state index in [1.807, 2.05) is 13.0 Å². The minimum Gasteiger partial charge on any atom is -0.371 e. The number of hydrogen-bond acceptors (Lipinski definition) is 3. The van der Waals surface area contributed by atoms with Crippen LogP contribution in [0.2, 0.25) is 0 Å². The number of pyridine rings is 1. The molecule has 0 aromatic carbocycles. The zero-order chi connectivity index (χ0) is 12.3. The second-order valence-electron chi connectivity index (χ2n) is 4.27. The Balaban J connectivity index is 1.77. The number of rotatable bonds is 5. The van der Waals surface area contributed by atoms with Gasteiger partial charge in [-0.25, -0.2) is 4.98 Å². The number of carbonyl (C=O) groups excluding carboxylic acids is 1. The van der Waals surface area contributed by atoms with Crippen LogP contribution >= 0.6 is 15.9 Å². The van der Waals surface area contributed by atoms with Crippen LogP contribution < -0.4 is 5.32 Å². The Kier molecular flexibility index (Phi) is 4.12. The summed E-state index contributed by atoms with van der Waals surface area (Å²) < 4.78 is 6.23. The SMILES string of the molecule is Cc1nc(NC(=O)COCC2CC2)ccc1Br. The quantitative estimate of drug-likeness (QED) is 0.909. The first kappa shape index (κ1) is 12.5. The average molecular weight is 299 g/mol. The van der Waals surface area contributed by atoms with Gasteiger partial charge in [0.15, 0.2) is 0 Å². The van der Waals surface area contributed by atoms with Gasteiger partial charge >= 0.3 is 0 Å². The maximum absolute atomic E-state index is 11.5. The smallest absolute Gasteiger partial charge is 0.251 e. The first-order chi connectivity index (χ1) is 8.15. The topological polar surface area (TPSA) is 51.2 Å². The third-order valence-electron chi connectivity index (χ3n) is 2.57. The zero-order valence-corrected chi connectivity index (χ0v) is 11.3. The van der Waals surface area contributed by atoms with Gasteiger partial charge in [-0.2, -0.15) is 0 Å². The molecule has 0 atom stereocenters. The largest absolute Gasteiger partial charge is 0.371 e. The van der Waals surface area contributed by atoms with Crippen molar-refractivity contribution in [3.63, 3.8) is 0 Å². The fraction of sp³-hybridized carbons (Fsp3) is 0.500. The van der Waals surface area contributed by atoms with Gasteiger partial charge in [0.25, 0.3) is 5.91 Å². The molecule has 0 unspecified atom stereocenters. The van der Waals surface area contributed by atoms with Crippen LogP contribution in [0.4, 0.5) is 5.82 Å². The van der Waals surface area contributed by atoms with E-state index in [4.69, 9.17) is 4.74 Å². The Morgan fingerprint density at radius 3 is 3.00 bits per heavy atom. The summed E-state index contributed by atoms with van der Waals surface area (Å²) in [6.07, 6.45) is 2.46. The summed E-state index contributed by atoms with van der Waals surface area (Å²) in [7, 11) is 0. The maximum Gasteiger partial charge on any atom is 0.251 e. The van der Waals surface area contributed by atoms with Gasteiger partial charge in [-0.3, -0.25) is 4.79 Å². The van der Waals surface area contributed by atoms with Crippen LogP contribution in [0.3, 0.4) is 0 Å². The number of nitrogens with zero attached hydrogens (tertiary/aromatic N) is 1. The normalized spacial score (nSPS) is 14.7. The van der Waals surface area contributed by atoms with Gasteiger partial charge in [0.1, 0.15) is 12.4 Å². The Bertz CT molecular complexity index is 419. The van der Waals surface area contributed by atoms with E-state index in [9.17, 15) is 4.79 Å². The van der Waals surface area contributed by atoms with E-state index in [1.165, 1.54) is 12.8 Å². The zero-order valence-electron chi connectivity index (χ0n) is 9.70. The maximum atomic E-state index is 11.5. The summed E-state index contributed by atoms with van der Waals surface area (Å²) >= 11 is 3.36. The van der Waals surface area contributed by atoms with Gasteiger partial charge in [-0.05, 0) is 53.7 Å². The second-order valence-corrected chi connectivity index (χ2v) is 5.12. The van der Waals surface area contributed by atoms with Crippen molar-refractivity contribution in [2.75, 3.05) is 18.5 Å². The number of aromatic nitrogens is 1. The molecule has 92 valence electrons.